The van der Waals surface area contributed by atoms with Crippen LogP contribution in [0.15, 0.2) is 18.2 Å². The van der Waals surface area contributed by atoms with Gasteiger partial charge in [-0.1, -0.05) is 6.07 Å². The molecule has 1 atom stereocenters. The van der Waals surface area contributed by atoms with Crippen molar-refractivity contribution in [3.05, 3.63) is 18.2 Å². The summed E-state index contributed by atoms with van der Waals surface area (Å²) in [5, 5.41) is 5.95. The highest BCUT2D eigenvalue weighted by atomic mass is 16.5. The van der Waals surface area contributed by atoms with Crippen LogP contribution in [-0.2, 0) is 9.53 Å². The molecule has 2 rings (SSSR count). The largest absolute Gasteiger partial charge is 0.377 e. The van der Waals surface area contributed by atoms with Crippen molar-refractivity contribution in [3.8, 4) is 0 Å². The summed E-state index contributed by atoms with van der Waals surface area (Å²) in [5.74, 6) is 1.57. The summed E-state index contributed by atoms with van der Waals surface area (Å²) < 4.78 is 5.45. The van der Waals surface area contributed by atoms with E-state index in [1.54, 1.807) is 0 Å². The van der Waals surface area contributed by atoms with E-state index in [1.165, 1.54) is 0 Å². The van der Waals surface area contributed by atoms with Gasteiger partial charge in [0.1, 0.15) is 17.7 Å². The Hall–Kier alpha value is -1.82. The third kappa shape index (κ3) is 3.39. The molecule has 1 aliphatic heterocycles. The first kappa shape index (κ1) is 14.6. The molecule has 1 aliphatic rings. The minimum absolute atomic E-state index is 0.0173. The zero-order valence-electron chi connectivity index (χ0n) is 12.2. The molecule has 6 nitrogen and oxygen atoms in total. The number of hydrogen-bond acceptors (Lipinski definition) is 5. The van der Waals surface area contributed by atoms with Crippen molar-refractivity contribution in [3.63, 3.8) is 0 Å². The second-order valence-corrected chi connectivity index (χ2v) is 5.08. The number of pyridine rings is 1. The summed E-state index contributed by atoms with van der Waals surface area (Å²) in [4.78, 5) is 18.8. The van der Waals surface area contributed by atoms with Gasteiger partial charge >= 0.3 is 0 Å². The van der Waals surface area contributed by atoms with Gasteiger partial charge in [0.05, 0.1) is 13.2 Å². The van der Waals surface area contributed by atoms with Gasteiger partial charge in [-0.3, -0.25) is 4.79 Å². The maximum absolute atomic E-state index is 12.3. The summed E-state index contributed by atoms with van der Waals surface area (Å²) in [6.07, 6.45) is 0. The number of nitrogens with one attached hydrogen (secondary N) is 2. The Labute approximate surface area is 119 Å². The molecule has 0 aromatic carbocycles. The molecule has 1 aromatic heterocycles. The molecule has 1 aromatic rings. The van der Waals surface area contributed by atoms with Gasteiger partial charge in [-0.25, -0.2) is 4.98 Å². The fourth-order valence-corrected chi connectivity index (χ4v) is 2.20. The van der Waals surface area contributed by atoms with E-state index in [0.29, 0.717) is 19.8 Å². The predicted octanol–water partition coefficient (Wildman–Crippen LogP) is 0.853. The average molecular weight is 278 g/mol. The van der Waals surface area contributed by atoms with Gasteiger partial charge in [-0.2, -0.15) is 0 Å². The van der Waals surface area contributed by atoms with Crippen molar-refractivity contribution in [2.45, 2.75) is 25.9 Å². The smallest absolute Gasteiger partial charge is 0.245 e. The molecule has 1 amide bonds. The third-order valence-corrected chi connectivity index (χ3v) is 3.15. The third-order valence-electron chi connectivity index (χ3n) is 3.15. The Bertz CT molecular complexity index is 464. The van der Waals surface area contributed by atoms with E-state index >= 15 is 0 Å². The first-order valence-electron chi connectivity index (χ1n) is 6.91. The van der Waals surface area contributed by atoms with Crippen molar-refractivity contribution >= 4 is 17.5 Å². The number of nitrogens with zero attached hydrogens (tertiary/aromatic N) is 2. The molecule has 1 unspecified atom stereocenters. The minimum Gasteiger partial charge on any atom is -0.377 e. The predicted molar refractivity (Wildman–Crippen MR) is 79.0 cm³/mol. The summed E-state index contributed by atoms with van der Waals surface area (Å²) in [6, 6.07) is 5.53. The van der Waals surface area contributed by atoms with Gasteiger partial charge in [0.2, 0.25) is 5.91 Å². The summed E-state index contributed by atoms with van der Waals surface area (Å²) >= 11 is 0. The van der Waals surface area contributed by atoms with Crippen molar-refractivity contribution in [1.29, 1.82) is 0 Å². The lowest BCUT2D eigenvalue weighted by molar-refractivity contribution is -0.125. The lowest BCUT2D eigenvalue weighted by Crippen LogP contribution is -2.55. The number of carbonyl (C=O) groups is 1. The fourth-order valence-electron chi connectivity index (χ4n) is 2.20. The van der Waals surface area contributed by atoms with E-state index in [4.69, 9.17) is 4.74 Å². The molecule has 0 aliphatic carbocycles. The lowest BCUT2D eigenvalue weighted by atomic mass is 10.2. The van der Waals surface area contributed by atoms with E-state index in [1.807, 2.05) is 44.0 Å². The van der Waals surface area contributed by atoms with Crippen LogP contribution in [0, 0.1) is 0 Å². The Balaban J connectivity index is 2.19. The van der Waals surface area contributed by atoms with Crippen LogP contribution < -0.4 is 15.5 Å². The molecule has 0 radical (unpaired) electrons. The zero-order chi connectivity index (χ0) is 14.5. The van der Waals surface area contributed by atoms with Crippen molar-refractivity contribution in [1.82, 2.24) is 10.3 Å². The average Bonchev–Trinajstić information content (AvgIpc) is 2.46. The van der Waals surface area contributed by atoms with Crippen LogP contribution in [0.2, 0.25) is 0 Å². The second kappa shape index (κ2) is 6.56. The number of ether oxygens (including phenoxy) is 1. The van der Waals surface area contributed by atoms with Gasteiger partial charge in [-0.15, -0.1) is 0 Å². The van der Waals surface area contributed by atoms with Crippen LogP contribution in [0.4, 0.5) is 11.6 Å². The van der Waals surface area contributed by atoms with Crippen LogP contribution in [0.5, 0.6) is 0 Å². The molecule has 6 heteroatoms. The van der Waals surface area contributed by atoms with Crippen LogP contribution in [0.25, 0.3) is 0 Å². The first-order chi connectivity index (χ1) is 9.61. The topological polar surface area (TPSA) is 66.5 Å². The zero-order valence-corrected chi connectivity index (χ0v) is 12.2. The van der Waals surface area contributed by atoms with E-state index < -0.39 is 0 Å². The van der Waals surface area contributed by atoms with Gasteiger partial charge < -0.3 is 20.3 Å². The Morgan fingerprint density at radius 2 is 2.30 bits per heavy atom. The number of carbonyl (C=O) groups excluding carboxylic acids is 1. The Morgan fingerprint density at radius 3 is 3.00 bits per heavy atom. The van der Waals surface area contributed by atoms with E-state index in [0.717, 1.165) is 11.6 Å². The number of amides is 1. The quantitative estimate of drug-likeness (QED) is 0.855. The molecule has 1 saturated heterocycles. The van der Waals surface area contributed by atoms with Gasteiger partial charge in [0, 0.05) is 19.6 Å². The number of hydrogen-bond donors (Lipinski definition) is 2. The van der Waals surface area contributed by atoms with Crippen LogP contribution in [-0.4, -0.2) is 49.8 Å². The number of rotatable bonds is 4. The number of aromatic nitrogens is 1. The lowest BCUT2D eigenvalue weighted by Gasteiger charge is -2.35. The van der Waals surface area contributed by atoms with E-state index in [-0.39, 0.29) is 18.0 Å². The molecule has 20 heavy (non-hydrogen) atoms. The highest BCUT2D eigenvalue weighted by molar-refractivity contribution is 5.85. The van der Waals surface area contributed by atoms with Gasteiger partial charge in [-0.05, 0) is 26.0 Å². The summed E-state index contributed by atoms with van der Waals surface area (Å²) in [6.45, 7) is 5.56. The molecule has 1 fully saturated rings. The maximum Gasteiger partial charge on any atom is 0.245 e. The fraction of sp³-hybridized carbons (Fsp3) is 0.571. The highest BCUT2D eigenvalue weighted by Crippen LogP contribution is 2.19. The first-order valence-corrected chi connectivity index (χ1v) is 6.91. The number of anilines is 2. The summed E-state index contributed by atoms with van der Waals surface area (Å²) in [5.41, 5.74) is 0. The van der Waals surface area contributed by atoms with Gasteiger partial charge in [0.25, 0.3) is 0 Å². The van der Waals surface area contributed by atoms with E-state index in [9.17, 15) is 4.79 Å². The molecule has 0 bridgehead atoms. The highest BCUT2D eigenvalue weighted by Gasteiger charge is 2.30. The minimum atomic E-state index is -0.328. The molecule has 0 spiro atoms. The molecular weight excluding hydrogens is 256 g/mol. The summed E-state index contributed by atoms with van der Waals surface area (Å²) in [7, 11) is 1.83. The monoisotopic (exact) mass is 278 g/mol. The Kier molecular flexibility index (Phi) is 4.79. The van der Waals surface area contributed by atoms with Crippen LogP contribution in [0.1, 0.15) is 13.8 Å². The van der Waals surface area contributed by atoms with Crippen molar-refractivity contribution < 1.29 is 9.53 Å². The molecule has 0 saturated carbocycles. The Morgan fingerprint density at radius 1 is 1.50 bits per heavy atom. The van der Waals surface area contributed by atoms with Crippen LogP contribution >= 0.6 is 0 Å². The molecule has 2 heterocycles. The van der Waals surface area contributed by atoms with Gasteiger partial charge in [0.15, 0.2) is 0 Å². The second-order valence-electron chi connectivity index (χ2n) is 5.08. The standard InChI is InChI=1S/C14H22N4O2/c1-10(2)16-14(19)11-9-20-8-7-18(11)13-6-4-5-12(15-3)17-13/h4-6,10-11H,7-9H2,1-3H3,(H,15,17)(H,16,19). The van der Waals surface area contributed by atoms with Crippen LogP contribution in [0.3, 0.4) is 0 Å². The normalized spacial score (nSPS) is 19.0. The van der Waals surface area contributed by atoms with Crippen molar-refractivity contribution in [2.75, 3.05) is 37.0 Å². The number of morpholine rings is 1. The molecule has 110 valence electrons. The molecule has 2 N–H and O–H groups in total. The van der Waals surface area contributed by atoms with E-state index in [2.05, 4.69) is 15.6 Å². The molecular formula is C14H22N4O2. The SMILES string of the molecule is CNc1cccc(N2CCOCC2C(=O)NC(C)C)n1. The maximum atomic E-state index is 12.3. The van der Waals surface area contributed by atoms with Crippen molar-refractivity contribution in [2.24, 2.45) is 0 Å².